The Morgan fingerprint density at radius 3 is 1.01 bits per heavy atom. The summed E-state index contributed by atoms with van der Waals surface area (Å²) in [5, 5.41) is 23.3. The van der Waals surface area contributed by atoms with E-state index in [4.69, 9.17) is 4.74 Å². The predicted octanol–water partition coefficient (Wildman–Crippen LogP) is 20.0. The summed E-state index contributed by atoms with van der Waals surface area (Å²) in [6, 6.07) is -0.546. The van der Waals surface area contributed by atoms with Crippen LogP contribution >= 0.6 is 0 Å². The van der Waals surface area contributed by atoms with Crippen LogP contribution in [0.15, 0.2) is 12.2 Å². The molecule has 0 aliphatic carbocycles. The lowest BCUT2D eigenvalue weighted by molar-refractivity contribution is -0.143. The van der Waals surface area contributed by atoms with Crippen LogP contribution in [0.5, 0.6) is 0 Å². The highest BCUT2D eigenvalue weighted by molar-refractivity contribution is 5.76. The van der Waals surface area contributed by atoms with Gasteiger partial charge in [0.2, 0.25) is 5.91 Å². The first-order valence-electron chi connectivity index (χ1n) is 31.9. The van der Waals surface area contributed by atoms with Crippen LogP contribution in [-0.2, 0) is 14.3 Å². The van der Waals surface area contributed by atoms with E-state index in [1.54, 1.807) is 0 Å². The molecule has 0 fully saturated rings. The van der Waals surface area contributed by atoms with Crippen molar-refractivity contribution in [2.45, 2.75) is 373 Å². The lowest BCUT2D eigenvalue weighted by Gasteiger charge is -2.22. The lowest BCUT2D eigenvalue weighted by Crippen LogP contribution is -2.45. The van der Waals surface area contributed by atoms with Crippen LogP contribution < -0.4 is 5.32 Å². The third-order valence-electron chi connectivity index (χ3n) is 15.1. The molecule has 0 radical (unpaired) electrons. The van der Waals surface area contributed by atoms with Gasteiger partial charge in [0, 0.05) is 12.8 Å². The molecule has 0 heterocycles. The van der Waals surface area contributed by atoms with Crippen molar-refractivity contribution in [3.8, 4) is 0 Å². The number of aliphatic hydroxyl groups excluding tert-OH is 2. The van der Waals surface area contributed by atoms with E-state index < -0.39 is 12.1 Å². The summed E-state index contributed by atoms with van der Waals surface area (Å²) >= 11 is 0. The van der Waals surface area contributed by atoms with Crippen molar-refractivity contribution >= 4 is 11.9 Å². The number of rotatable bonds is 60. The van der Waals surface area contributed by atoms with Crippen LogP contribution in [0.3, 0.4) is 0 Å². The van der Waals surface area contributed by atoms with E-state index in [9.17, 15) is 19.8 Å². The molecule has 416 valence electrons. The monoisotopic (exact) mass is 988 g/mol. The molecule has 0 saturated heterocycles. The topological polar surface area (TPSA) is 95.9 Å². The molecule has 0 rings (SSSR count). The zero-order chi connectivity index (χ0) is 50.7. The summed E-state index contributed by atoms with van der Waals surface area (Å²) in [5.74, 6) is -0.0257. The number of allylic oxidation sites excluding steroid dienone is 2. The zero-order valence-corrected chi connectivity index (χ0v) is 47.5. The average molecular weight is 989 g/mol. The van der Waals surface area contributed by atoms with E-state index in [0.29, 0.717) is 25.9 Å². The second-order valence-corrected chi connectivity index (χ2v) is 22.1. The van der Waals surface area contributed by atoms with Gasteiger partial charge >= 0.3 is 5.97 Å². The Bertz CT molecular complexity index is 1050. The van der Waals surface area contributed by atoms with Gasteiger partial charge in [0.25, 0.3) is 0 Å². The molecule has 0 aromatic carbocycles. The summed E-state index contributed by atoms with van der Waals surface area (Å²) in [6.07, 6.45) is 72.2. The Labute approximate surface area is 438 Å². The summed E-state index contributed by atoms with van der Waals surface area (Å²) in [4.78, 5) is 24.6. The Kier molecular flexibility index (Phi) is 59.0. The molecule has 0 aliphatic heterocycles. The van der Waals surface area contributed by atoms with Gasteiger partial charge < -0.3 is 20.3 Å². The zero-order valence-electron chi connectivity index (χ0n) is 47.5. The number of esters is 1. The minimum atomic E-state index is -0.668. The van der Waals surface area contributed by atoms with Crippen molar-refractivity contribution in [3.63, 3.8) is 0 Å². The third-order valence-corrected chi connectivity index (χ3v) is 15.1. The number of carbonyl (C=O) groups excluding carboxylic acids is 2. The van der Waals surface area contributed by atoms with Crippen LogP contribution in [0.2, 0.25) is 0 Å². The number of hydrogen-bond acceptors (Lipinski definition) is 5. The van der Waals surface area contributed by atoms with E-state index in [0.717, 1.165) is 38.5 Å². The smallest absolute Gasteiger partial charge is 0.305 e. The predicted molar refractivity (Wildman–Crippen MR) is 306 cm³/mol. The molecule has 0 spiro atoms. The molecule has 0 saturated carbocycles. The van der Waals surface area contributed by atoms with Crippen molar-refractivity contribution in [2.24, 2.45) is 0 Å². The number of amides is 1. The van der Waals surface area contributed by atoms with Crippen molar-refractivity contribution < 1.29 is 24.5 Å². The third kappa shape index (κ3) is 55.9. The Morgan fingerprint density at radius 1 is 0.386 bits per heavy atom. The molecule has 0 bridgehead atoms. The van der Waals surface area contributed by atoms with Gasteiger partial charge in [0.05, 0.1) is 25.4 Å². The van der Waals surface area contributed by atoms with Crippen LogP contribution in [0.4, 0.5) is 0 Å². The second kappa shape index (κ2) is 60.2. The van der Waals surface area contributed by atoms with Crippen molar-refractivity contribution in [2.75, 3.05) is 13.2 Å². The van der Waals surface area contributed by atoms with E-state index in [1.165, 1.54) is 289 Å². The maximum atomic E-state index is 12.5. The van der Waals surface area contributed by atoms with Crippen molar-refractivity contribution in [3.05, 3.63) is 12.2 Å². The molecule has 6 nitrogen and oxygen atoms in total. The lowest BCUT2D eigenvalue weighted by atomic mass is 10.0. The summed E-state index contributed by atoms with van der Waals surface area (Å²) in [5.41, 5.74) is 0. The van der Waals surface area contributed by atoms with Gasteiger partial charge in [-0.25, -0.2) is 0 Å². The van der Waals surface area contributed by atoms with Crippen LogP contribution in [-0.4, -0.2) is 47.4 Å². The molecule has 0 aromatic rings. The fourth-order valence-electron chi connectivity index (χ4n) is 10.2. The average Bonchev–Trinajstić information content (AvgIpc) is 3.36. The number of unbranched alkanes of at least 4 members (excludes halogenated alkanes) is 47. The van der Waals surface area contributed by atoms with Crippen molar-refractivity contribution in [1.29, 1.82) is 0 Å². The van der Waals surface area contributed by atoms with Gasteiger partial charge in [0.15, 0.2) is 0 Å². The molecule has 0 aromatic heterocycles. The largest absolute Gasteiger partial charge is 0.466 e. The number of ether oxygens (including phenoxy) is 1. The Morgan fingerprint density at radius 2 is 0.671 bits per heavy atom. The van der Waals surface area contributed by atoms with E-state index >= 15 is 0 Å². The highest BCUT2D eigenvalue weighted by atomic mass is 16.5. The Hall–Kier alpha value is -1.40. The SMILES string of the molecule is CCCCCCCCCCCCCCCCCCCC(O)C(CO)NC(=O)CCCCCCCCC/C=C\CCCCCCCCCCCCCOC(=O)CCCCCCCCCCCCCCCC. The first kappa shape index (κ1) is 68.6. The standard InChI is InChI=1S/C64H125NO5/c1-3-5-7-9-11-13-15-17-19-26-29-32-36-40-44-48-52-56-62(67)61(60-66)65-63(68)57-53-49-45-41-37-33-30-27-24-22-20-21-23-25-28-31-35-39-43-47-51-55-59-70-64(69)58-54-50-46-42-38-34-18-16-14-12-10-8-6-4-2/h22,24,61-62,66-67H,3-21,23,25-60H2,1-2H3,(H,65,68)/b24-22-. The first-order chi connectivity index (χ1) is 34.5. The van der Waals surface area contributed by atoms with Gasteiger partial charge in [-0.15, -0.1) is 0 Å². The molecule has 2 atom stereocenters. The summed E-state index contributed by atoms with van der Waals surface area (Å²) < 4.78 is 5.48. The number of hydrogen-bond donors (Lipinski definition) is 3. The molecular weight excluding hydrogens is 863 g/mol. The van der Waals surface area contributed by atoms with Crippen molar-refractivity contribution in [1.82, 2.24) is 5.32 Å². The normalized spacial score (nSPS) is 12.6. The fraction of sp³-hybridized carbons (Fsp3) is 0.938. The second-order valence-electron chi connectivity index (χ2n) is 22.1. The van der Waals surface area contributed by atoms with Gasteiger partial charge in [-0.05, 0) is 51.4 Å². The van der Waals surface area contributed by atoms with E-state index in [2.05, 4.69) is 31.3 Å². The molecule has 6 heteroatoms. The van der Waals surface area contributed by atoms with Gasteiger partial charge in [0.1, 0.15) is 0 Å². The maximum Gasteiger partial charge on any atom is 0.305 e. The highest BCUT2D eigenvalue weighted by Gasteiger charge is 2.20. The summed E-state index contributed by atoms with van der Waals surface area (Å²) in [7, 11) is 0. The van der Waals surface area contributed by atoms with Crippen LogP contribution in [0, 0.1) is 0 Å². The van der Waals surface area contributed by atoms with Gasteiger partial charge in [-0.3, -0.25) is 9.59 Å². The highest BCUT2D eigenvalue weighted by Crippen LogP contribution is 2.18. The number of carbonyl (C=O) groups is 2. The molecular formula is C64H125NO5. The molecule has 0 aliphatic rings. The first-order valence-corrected chi connectivity index (χ1v) is 31.9. The number of aliphatic hydroxyl groups is 2. The molecule has 2 unspecified atom stereocenters. The van der Waals surface area contributed by atoms with Gasteiger partial charge in [-0.1, -0.05) is 309 Å². The van der Waals surface area contributed by atoms with Crippen LogP contribution in [0.1, 0.15) is 361 Å². The molecule has 1 amide bonds. The minimum absolute atomic E-state index is 0.0130. The Balaban J connectivity index is 3.40. The minimum Gasteiger partial charge on any atom is -0.466 e. The fourth-order valence-corrected chi connectivity index (χ4v) is 10.2. The molecule has 3 N–H and O–H groups in total. The maximum absolute atomic E-state index is 12.5. The van der Waals surface area contributed by atoms with Gasteiger partial charge in [-0.2, -0.15) is 0 Å². The van der Waals surface area contributed by atoms with Crippen LogP contribution in [0.25, 0.3) is 0 Å². The van der Waals surface area contributed by atoms with E-state index in [1.807, 2.05) is 0 Å². The quantitative estimate of drug-likeness (QED) is 0.0321. The van der Waals surface area contributed by atoms with E-state index in [-0.39, 0.29) is 18.5 Å². The summed E-state index contributed by atoms with van der Waals surface area (Å²) in [6.45, 7) is 4.98. The number of nitrogens with one attached hydrogen (secondary N) is 1. The molecule has 70 heavy (non-hydrogen) atoms.